The summed E-state index contributed by atoms with van der Waals surface area (Å²) in [4.78, 5) is 0. The Labute approximate surface area is 115 Å². The predicted molar refractivity (Wildman–Crippen MR) is 80.6 cm³/mol. The van der Waals surface area contributed by atoms with E-state index < -0.39 is 0 Å². The van der Waals surface area contributed by atoms with Crippen molar-refractivity contribution in [1.82, 2.24) is 5.43 Å². The second kappa shape index (κ2) is 7.07. The van der Waals surface area contributed by atoms with E-state index in [9.17, 15) is 0 Å². The lowest BCUT2D eigenvalue weighted by atomic mass is 9.99. The Balaban J connectivity index is 1.87. The number of aryl methyl sites for hydroxylation is 2. The van der Waals surface area contributed by atoms with E-state index in [0.717, 1.165) is 19.3 Å². The molecule has 0 fully saturated rings. The summed E-state index contributed by atoms with van der Waals surface area (Å²) in [5, 5.41) is 0. The molecule has 2 heteroatoms. The van der Waals surface area contributed by atoms with Crippen molar-refractivity contribution < 1.29 is 0 Å². The van der Waals surface area contributed by atoms with Crippen LogP contribution in [0.4, 0.5) is 0 Å². The third-order valence-corrected chi connectivity index (χ3v) is 3.48. The van der Waals surface area contributed by atoms with Crippen LogP contribution in [0.3, 0.4) is 0 Å². The molecule has 0 spiro atoms. The van der Waals surface area contributed by atoms with Crippen molar-refractivity contribution in [3.63, 3.8) is 0 Å². The molecule has 0 aromatic heterocycles. The van der Waals surface area contributed by atoms with E-state index in [1.807, 2.05) is 0 Å². The second-order valence-corrected chi connectivity index (χ2v) is 5.01. The molecule has 0 aliphatic rings. The van der Waals surface area contributed by atoms with Gasteiger partial charge in [-0.2, -0.15) is 0 Å². The van der Waals surface area contributed by atoms with Crippen LogP contribution in [-0.4, -0.2) is 0 Å². The molecule has 2 rings (SSSR count). The summed E-state index contributed by atoms with van der Waals surface area (Å²) in [6, 6.07) is 19.4. The van der Waals surface area contributed by atoms with Crippen LogP contribution in [-0.2, 0) is 6.42 Å². The first-order valence-corrected chi connectivity index (χ1v) is 6.86. The number of hydrogen-bond acceptors (Lipinski definition) is 2. The van der Waals surface area contributed by atoms with Crippen molar-refractivity contribution in [3.8, 4) is 0 Å². The van der Waals surface area contributed by atoms with Crippen LogP contribution in [0.15, 0.2) is 54.6 Å². The molecular formula is C17H22N2. The van der Waals surface area contributed by atoms with Gasteiger partial charge in [-0.15, -0.1) is 0 Å². The molecule has 0 heterocycles. The minimum Gasteiger partial charge on any atom is -0.271 e. The average Bonchev–Trinajstić information content (AvgIpc) is 2.46. The zero-order chi connectivity index (χ0) is 13.5. The summed E-state index contributed by atoms with van der Waals surface area (Å²) in [6.07, 6.45) is 3.28. The Kier molecular flexibility index (Phi) is 5.13. The van der Waals surface area contributed by atoms with Crippen LogP contribution < -0.4 is 11.3 Å². The molecule has 0 saturated carbocycles. The first kappa shape index (κ1) is 13.8. The fourth-order valence-electron chi connectivity index (χ4n) is 2.30. The van der Waals surface area contributed by atoms with Gasteiger partial charge in [-0.05, 0) is 37.3 Å². The van der Waals surface area contributed by atoms with Gasteiger partial charge in [-0.3, -0.25) is 11.3 Å². The van der Waals surface area contributed by atoms with Gasteiger partial charge in [0.2, 0.25) is 0 Å². The third-order valence-electron chi connectivity index (χ3n) is 3.48. The van der Waals surface area contributed by atoms with Gasteiger partial charge in [0.25, 0.3) is 0 Å². The van der Waals surface area contributed by atoms with E-state index in [2.05, 4.69) is 66.9 Å². The highest BCUT2D eigenvalue weighted by Gasteiger charge is 2.08. The van der Waals surface area contributed by atoms with Gasteiger partial charge >= 0.3 is 0 Å². The molecule has 0 aliphatic heterocycles. The van der Waals surface area contributed by atoms with Crippen LogP contribution in [0, 0.1) is 6.92 Å². The Hall–Kier alpha value is -1.64. The zero-order valence-electron chi connectivity index (χ0n) is 11.5. The van der Waals surface area contributed by atoms with Crippen molar-refractivity contribution >= 4 is 0 Å². The SMILES string of the molecule is Cc1ccc(C(CCCc2ccccc2)NN)cc1. The van der Waals surface area contributed by atoms with Gasteiger partial charge in [0.1, 0.15) is 0 Å². The summed E-state index contributed by atoms with van der Waals surface area (Å²) >= 11 is 0. The number of nitrogens with two attached hydrogens (primary N) is 1. The maximum atomic E-state index is 5.67. The molecule has 19 heavy (non-hydrogen) atoms. The normalized spacial score (nSPS) is 12.3. The molecule has 2 nitrogen and oxygen atoms in total. The van der Waals surface area contributed by atoms with E-state index in [-0.39, 0.29) is 6.04 Å². The molecule has 1 unspecified atom stereocenters. The number of hydrazine groups is 1. The van der Waals surface area contributed by atoms with E-state index in [1.165, 1.54) is 16.7 Å². The number of hydrogen-bond donors (Lipinski definition) is 2. The van der Waals surface area contributed by atoms with E-state index in [0.29, 0.717) is 0 Å². The second-order valence-electron chi connectivity index (χ2n) is 5.01. The first-order chi connectivity index (χ1) is 9.29. The summed E-state index contributed by atoms with van der Waals surface area (Å²) in [5.41, 5.74) is 6.86. The summed E-state index contributed by atoms with van der Waals surface area (Å²) in [5.74, 6) is 5.67. The van der Waals surface area contributed by atoms with Gasteiger partial charge in [0.05, 0.1) is 0 Å². The minimum absolute atomic E-state index is 0.240. The largest absolute Gasteiger partial charge is 0.271 e. The van der Waals surface area contributed by atoms with Crippen molar-refractivity contribution in [2.45, 2.75) is 32.2 Å². The van der Waals surface area contributed by atoms with Crippen LogP contribution in [0.2, 0.25) is 0 Å². The lowest BCUT2D eigenvalue weighted by Crippen LogP contribution is -2.28. The summed E-state index contributed by atoms with van der Waals surface area (Å²) in [7, 11) is 0. The number of benzene rings is 2. The Bertz CT molecular complexity index is 476. The minimum atomic E-state index is 0.240. The molecule has 0 saturated heterocycles. The Morgan fingerprint density at radius 2 is 1.68 bits per heavy atom. The smallest absolute Gasteiger partial charge is 0.0460 e. The summed E-state index contributed by atoms with van der Waals surface area (Å²) in [6.45, 7) is 2.10. The first-order valence-electron chi connectivity index (χ1n) is 6.86. The third kappa shape index (κ3) is 4.19. The van der Waals surface area contributed by atoms with Gasteiger partial charge < -0.3 is 0 Å². The standard InChI is InChI=1S/C17H22N2/c1-14-10-12-16(13-11-14)17(19-18)9-5-8-15-6-3-2-4-7-15/h2-4,6-7,10-13,17,19H,5,8-9,18H2,1H3. The quantitative estimate of drug-likeness (QED) is 0.611. The van der Waals surface area contributed by atoms with E-state index >= 15 is 0 Å². The molecule has 0 radical (unpaired) electrons. The highest BCUT2D eigenvalue weighted by Crippen LogP contribution is 2.19. The van der Waals surface area contributed by atoms with Gasteiger partial charge in [-0.25, -0.2) is 0 Å². The molecule has 2 aromatic carbocycles. The van der Waals surface area contributed by atoms with Crippen molar-refractivity contribution in [1.29, 1.82) is 0 Å². The highest BCUT2D eigenvalue weighted by atomic mass is 15.2. The topological polar surface area (TPSA) is 38.0 Å². The van der Waals surface area contributed by atoms with Crippen LogP contribution in [0.5, 0.6) is 0 Å². The van der Waals surface area contributed by atoms with E-state index in [1.54, 1.807) is 0 Å². The summed E-state index contributed by atoms with van der Waals surface area (Å²) < 4.78 is 0. The molecule has 1 atom stereocenters. The molecule has 0 bridgehead atoms. The Morgan fingerprint density at radius 1 is 1.00 bits per heavy atom. The van der Waals surface area contributed by atoms with Gasteiger partial charge in [0.15, 0.2) is 0 Å². The predicted octanol–water partition coefficient (Wildman–Crippen LogP) is 3.52. The number of rotatable bonds is 6. The molecule has 0 amide bonds. The molecule has 100 valence electrons. The monoisotopic (exact) mass is 254 g/mol. The van der Waals surface area contributed by atoms with Gasteiger partial charge in [-0.1, -0.05) is 60.2 Å². The fourth-order valence-corrected chi connectivity index (χ4v) is 2.30. The fraction of sp³-hybridized carbons (Fsp3) is 0.294. The van der Waals surface area contributed by atoms with Crippen molar-refractivity contribution in [2.24, 2.45) is 5.84 Å². The average molecular weight is 254 g/mol. The van der Waals surface area contributed by atoms with Gasteiger partial charge in [0, 0.05) is 6.04 Å². The molecular weight excluding hydrogens is 232 g/mol. The maximum absolute atomic E-state index is 5.67. The van der Waals surface area contributed by atoms with Crippen LogP contribution in [0.1, 0.15) is 35.6 Å². The molecule has 0 aliphatic carbocycles. The van der Waals surface area contributed by atoms with Crippen molar-refractivity contribution in [2.75, 3.05) is 0 Å². The lowest BCUT2D eigenvalue weighted by Gasteiger charge is -2.16. The van der Waals surface area contributed by atoms with Crippen LogP contribution in [0.25, 0.3) is 0 Å². The maximum Gasteiger partial charge on any atom is 0.0460 e. The van der Waals surface area contributed by atoms with E-state index in [4.69, 9.17) is 5.84 Å². The highest BCUT2D eigenvalue weighted by molar-refractivity contribution is 5.24. The number of nitrogens with one attached hydrogen (secondary N) is 1. The van der Waals surface area contributed by atoms with Crippen LogP contribution >= 0.6 is 0 Å². The Morgan fingerprint density at radius 3 is 2.32 bits per heavy atom. The van der Waals surface area contributed by atoms with Crippen molar-refractivity contribution in [3.05, 3.63) is 71.3 Å². The lowest BCUT2D eigenvalue weighted by molar-refractivity contribution is 0.498. The molecule has 3 N–H and O–H groups in total. The molecule has 2 aromatic rings. The zero-order valence-corrected chi connectivity index (χ0v) is 11.5.